The van der Waals surface area contributed by atoms with Crippen LogP contribution in [0.25, 0.3) is 11.4 Å². The van der Waals surface area contributed by atoms with Gasteiger partial charge in [0.2, 0.25) is 11.7 Å². The van der Waals surface area contributed by atoms with Crippen LogP contribution in [0.4, 0.5) is 10.5 Å². The number of hydrogen-bond donors (Lipinski definition) is 1. The first kappa shape index (κ1) is 15.5. The molecular formula is C15H16N6O4. The standard InChI is InChI=1S/C15H16N6O4/c22-15-16-7-12-8-19(5-6-20(12)15)9-13-17-14(18-25-13)10-1-3-11(4-2-10)21(23)24/h1-4,12H,5-9H2,(H,16,22)/t12-/m1/s1. The third-order valence-corrected chi connectivity index (χ3v) is 4.48. The van der Waals surface area contributed by atoms with Crippen molar-refractivity contribution in [1.82, 2.24) is 25.3 Å². The molecule has 2 saturated heterocycles. The number of benzene rings is 1. The molecule has 3 heterocycles. The first-order valence-corrected chi connectivity index (χ1v) is 7.94. The lowest BCUT2D eigenvalue weighted by Gasteiger charge is -2.35. The van der Waals surface area contributed by atoms with E-state index in [4.69, 9.17) is 4.52 Å². The first-order valence-electron chi connectivity index (χ1n) is 7.94. The number of carbonyl (C=O) groups excluding carboxylic acids is 1. The molecule has 2 aromatic rings. The van der Waals surface area contributed by atoms with Crippen LogP contribution >= 0.6 is 0 Å². The van der Waals surface area contributed by atoms with Gasteiger partial charge in [0.25, 0.3) is 5.69 Å². The molecule has 1 aromatic heterocycles. The second kappa shape index (κ2) is 6.13. The lowest BCUT2D eigenvalue weighted by atomic mass is 10.2. The van der Waals surface area contributed by atoms with Gasteiger partial charge in [0.15, 0.2) is 0 Å². The zero-order valence-electron chi connectivity index (χ0n) is 13.3. The van der Waals surface area contributed by atoms with Crippen LogP contribution in [0.15, 0.2) is 28.8 Å². The van der Waals surface area contributed by atoms with Crippen molar-refractivity contribution in [3.8, 4) is 11.4 Å². The average Bonchev–Trinajstić information content (AvgIpc) is 3.22. The maximum absolute atomic E-state index is 11.6. The van der Waals surface area contributed by atoms with E-state index in [-0.39, 0.29) is 17.8 Å². The lowest BCUT2D eigenvalue weighted by molar-refractivity contribution is -0.384. The Kier molecular flexibility index (Phi) is 3.80. The van der Waals surface area contributed by atoms with Gasteiger partial charge in [0.05, 0.1) is 17.5 Å². The minimum absolute atomic E-state index is 0.00268. The Labute approximate surface area is 142 Å². The Morgan fingerprint density at radius 1 is 1.32 bits per heavy atom. The van der Waals surface area contributed by atoms with Crippen molar-refractivity contribution in [1.29, 1.82) is 0 Å². The van der Waals surface area contributed by atoms with Gasteiger partial charge in [-0.3, -0.25) is 15.0 Å². The summed E-state index contributed by atoms with van der Waals surface area (Å²) >= 11 is 0. The smallest absolute Gasteiger partial charge is 0.317 e. The van der Waals surface area contributed by atoms with Crippen molar-refractivity contribution in [3.63, 3.8) is 0 Å². The first-order chi connectivity index (χ1) is 12.1. The van der Waals surface area contributed by atoms with Crippen LogP contribution < -0.4 is 5.32 Å². The molecule has 4 rings (SSSR count). The van der Waals surface area contributed by atoms with Crippen LogP contribution in [0.5, 0.6) is 0 Å². The lowest BCUT2D eigenvalue weighted by Crippen LogP contribution is -2.51. The monoisotopic (exact) mass is 344 g/mol. The fraction of sp³-hybridized carbons (Fsp3) is 0.400. The second-order valence-electron chi connectivity index (χ2n) is 6.08. The van der Waals surface area contributed by atoms with E-state index in [0.29, 0.717) is 36.9 Å². The van der Waals surface area contributed by atoms with Crippen molar-refractivity contribution in [3.05, 3.63) is 40.3 Å². The second-order valence-corrected chi connectivity index (χ2v) is 6.08. The van der Waals surface area contributed by atoms with Crippen molar-refractivity contribution in [2.75, 3.05) is 26.2 Å². The number of fused-ring (bicyclic) bond motifs is 1. The summed E-state index contributed by atoms with van der Waals surface area (Å²) in [6, 6.07) is 6.20. The van der Waals surface area contributed by atoms with Gasteiger partial charge in [0, 0.05) is 43.9 Å². The fourth-order valence-corrected chi connectivity index (χ4v) is 3.17. The van der Waals surface area contributed by atoms with E-state index >= 15 is 0 Å². The molecule has 25 heavy (non-hydrogen) atoms. The molecule has 130 valence electrons. The third-order valence-electron chi connectivity index (χ3n) is 4.48. The number of hydrogen-bond acceptors (Lipinski definition) is 7. The molecule has 0 spiro atoms. The van der Waals surface area contributed by atoms with E-state index in [2.05, 4.69) is 20.4 Å². The van der Waals surface area contributed by atoms with Gasteiger partial charge in [-0.1, -0.05) is 5.16 Å². The fourth-order valence-electron chi connectivity index (χ4n) is 3.17. The summed E-state index contributed by atoms with van der Waals surface area (Å²) in [6.07, 6.45) is 0. The molecule has 2 aliphatic rings. The Morgan fingerprint density at radius 2 is 2.12 bits per heavy atom. The molecule has 1 N–H and O–H groups in total. The highest BCUT2D eigenvalue weighted by Gasteiger charge is 2.35. The molecule has 0 saturated carbocycles. The van der Waals surface area contributed by atoms with Crippen LogP contribution in [-0.2, 0) is 6.54 Å². The average molecular weight is 344 g/mol. The van der Waals surface area contributed by atoms with Crippen molar-refractivity contribution in [2.24, 2.45) is 0 Å². The maximum Gasteiger partial charge on any atom is 0.317 e. The maximum atomic E-state index is 11.6. The van der Waals surface area contributed by atoms with Gasteiger partial charge in [0.1, 0.15) is 0 Å². The minimum Gasteiger partial charge on any atom is -0.338 e. The van der Waals surface area contributed by atoms with Crippen molar-refractivity contribution in [2.45, 2.75) is 12.6 Å². The van der Waals surface area contributed by atoms with Crippen LogP contribution in [-0.4, -0.2) is 63.1 Å². The highest BCUT2D eigenvalue weighted by molar-refractivity contribution is 5.77. The Balaban J connectivity index is 1.41. The molecule has 2 fully saturated rings. The van der Waals surface area contributed by atoms with E-state index in [1.807, 2.05) is 4.90 Å². The van der Waals surface area contributed by atoms with Crippen LogP contribution in [0.2, 0.25) is 0 Å². The van der Waals surface area contributed by atoms with E-state index in [0.717, 1.165) is 13.1 Å². The summed E-state index contributed by atoms with van der Waals surface area (Å²) < 4.78 is 5.30. The number of urea groups is 1. The van der Waals surface area contributed by atoms with Gasteiger partial charge in [-0.05, 0) is 12.1 Å². The van der Waals surface area contributed by atoms with E-state index in [9.17, 15) is 14.9 Å². The summed E-state index contributed by atoms with van der Waals surface area (Å²) in [4.78, 5) is 30.3. The molecule has 10 nitrogen and oxygen atoms in total. The Hall–Kier alpha value is -3.01. The molecule has 0 radical (unpaired) electrons. The number of nitro benzene ring substituents is 1. The third kappa shape index (κ3) is 3.03. The minimum atomic E-state index is -0.451. The number of nitro groups is 1. The van der Waals surface area contributed by atoms with Crippen LogP contribution in [0.1, 0.15) is 5.89 Å². The normalized spacial score (nSPS) is 20.4. The summed E-state index contributed by atoms with van der Waals surface area (Å²) in [6.45, 7) is 3.36. The molecule has 1 aromatic carbocycles. The quantitative estimate of drug-likeness (QED) is 0.645. The van der Waals surface area contributed by atoms with Gasteiger partial charge in [-0.2, -0.15) is 4.98 Å². The number of nitrogens with zero attached hydrogens (tertiary/aromatic N) is 5. The largest absolute Gasteiger partial charge is 0.338 e. The number of amides is 2. The predicted octanol–water partition coefficient (Wildman–Crippen LogP) is 0.854. The Morgan fingerprint density at radius 3 is 2.88 bits per heavy atom. The SMILES string of the molecule is O=C1NC[C@@H]2CN(Cc3nc(-c4ccc([N+](=O)[O-])cc4)no3)CCN12. The van der Waals surface area contributed by atoms with Crippen molar-refractivity contribution < 1.29 is 14.2 Å². The molecule has 1 atom stereocenters. The van der Waals surface area contributed by atoms with Gasteiger partial charge in [-0.15, -0.1) is 0 Å². The number of non-ortho nitro benzene ring substituents is 1. The van der Waals surface area contributed by atoms with Gasteiger partial charge in [-0.25, -0.2) is 4.79 Å². The Bertz CT molecular complexity index is 805. The molecule has 10 heteroatoms. The molecule has 0 aliphatic carbocycles. The molecule has 2 aliphatic heterocycles. The van der Waals surface area contributed by atoms with E-state index in [1.165, 1.54) is 12.1 Å². The van der Waals surface area contributed by atoms with E-state index < -0.39 is 4.92 Å². The summed E-state index contributed by atoms with van der Waals surface area (Å²) in [5, 5.41) is 17.5. The number of carbonyl (C=O) groups is 1. The number of aromatic nitrogens is 2. The highest BCUT2D eigenvalue weighted by Crippen LogP contribution is 2.21. The number of piperazine rings is 1. The van der Waals surface area contributed by atoms with Gasteiger partial charge >= 0.3 is 6.03 Å². The molecule has 0 bridgehead atoms. The van der Waals surface area contributed by atoms with E-state index in [1.54, 1.807) is 12.1 Å². The van der Waals surface area contributed by atoms with Crippen molar-refractivity contribution >= 4 is 11.7 Å². The molecule has 0 unspecified atom stereocenters. The molecule has 2 amide bonds. The summed E-state index contributed by atoms with van der Waals surface area (Å²) in [7, 11) is 0. The number of rotatable bonds is 4. The summed E-state index contributed by atoms with van der Waals surface area (Å²) in [5.41, 5.74) is 0.682. The van der Waals surface area contributed by atoms with Crippen LogP contribution in [0, 0.1) is 10.1 Å². The molecular weight excluding hydrogens is 328 g/mol. The van der Waals surface area contributed by atoms with Crippen LogP contribution in [0.3, 0.4) is 0 Å². The predicted molar refractivity (Wildman–Crippen MR) is 85.6 cm³/mol. The topological polar surface area (TPSA) is 118 Å². The zero-order chi connectivity index (χ0) is 17.4. The summed E-state index contributed by atoms with van der Waals surface area (Å²) in [5.74, 6) is 0.889. The zero-order valence-corrected chi connectivity index (χ0v) is 13.3. The number of nitrogens with one attached hydrogen (secondary N) is 1. The van der Waals surface area contributed by atoms with Gasteiger partial charge < -0.3 is 14.7 Å². The highest BCUT2D eigenvalue weighted by atomic mass is 16.6.